The fourth-order valence-electron chi connectivity index (χ4n) is 2.34. The predicted octanol–water partition coefficient (Wildman–Crippen LogP) is 3.73. The minimum atomic E-state index is -0.833. The molecule has 1 aromatic heterocycles. The highest BCUT2D eigenvalue weighted by Crippen LogP contribution is 2.30. The summed E-state index contributed by atoms with van der Waals surface area (Å²) in [6.07, 6.45) is 3.26. The maximum absolute atomic E-state index is 11.7. The van der Waals surface area contributed by atoms with E-state index in [4.69, 9.17) is 0 Å². The van der Waals surface area contributed by atoms with E-state index in [0.29, 0.717) is 5.92 Å². The molecule has 1 aromatic carbocycles. The maximum atomic E-state index is 11.7. The Morgan fingerprint density at radius 1 is 1.10 bits per heavy atom. The van der Waals surface area contributed by atoms with Crippen LogP contribution in [0.2, 0.25) is 0 Å². The Bertz CT molecular complexity index is 606. The van der Waals surface area contributed by atoms with Crippen LogP contribution in [0, 0.1) is 6.92 Å². The number of hydrogen-bond acceptors (Lipinski definition) is 2. The first kappa shape index (κ1) is 14.3. The van der Waals surface area contributed by atoms with Gasteiger partial charge in [0.25, 0.3) is 0 Å². The number of carboxylic acid groups (broad SMARTS) is 1. The van der Waals surface area contributed by atoms with Gasteiger partial charge >= 0.3 is 5.97 Å². The highest BCUT2D eigenvalue weighted by Gasteiger charge is 2.24. The van der Waals surface area contributed by atoms with E-state index in [1.54, 1.807) is 24.5 Å². The van der Waals surface area contributed by atoms with Gasteiger partial charge in [-0.3, -0.25) is 9.78 Å². The minimum absolute atomic E-state index is 0.376. The first-order valence-electron chi connectivity index (χ1n) is 6.74. The Labute approximate surface area is 119 Å². The van der Waals surface area contributed by atoms with Crippen molar-refractivity contribution in [3.63, 3.8) is 0 Å². The highest BCUT2D eigenvalue weighted by atomic mass is 16.4. The molecule has 0 aliphatic carbocycles. The third kappa shape index (κ3) is 2.87. The molecule has 2 rings (SSSR count). The standard InChI is InChI=1S/C17H19NO2/c1-11(2)14-5-4-12(3)15(10-14)16(17(19)20)13-6-8-18-9-7-13/h4-11,16H,1-3H3,(H,19,20). The van der Waals surface area contributed by atoms with E-state index in [2.05, 4.69) is 24.9 Å². The zero-order valence-electron chi connectivity index (χ0n) is 12.0. The van der Waals surface area contributed by atoms with Crippen LogP contribution in [0.1, 0.15) is 47.9 Å². The average Bonchev–Trinajstić information content (AvgIpc) is 2.41. The van der Waals surface area contributed by atoms with E-state index in [-0.39, 0.29) is 0 Å². The van der Waals surface area contributed by atoms with Crippen molar-refractivity contribution in [2.75, 3.05) is 0 Å². The molecule has 1 N–H and O–H groups in total. The first-order valence-corrected chi connectivity index (χ1v) is 6.74. The zero-order chi connectivity index (χ0) is 14.7. The van der Waals surface area contributed by atoms with E-state index in [1.165, 1.54) is 0 Å². The summed E-state index contributed by atoms with van der Waals surface area (Å²) in [6, 6.07) is 9.61. The number of aromatic nitrogens is 1. The van der Waals surface area contributed by atoms with Crippen LogP contribution in [0.25, 0.3) is 0 Å². The molecule has 0 spiro atoms. The molecule has 0 amide bonds. The topological polar surface area (TPSA) is 50.2 Å². The van der Waals surface area contributed by atoms with Crippen molar-refractivity contribution >= 4 is 5.97 Å². The third-order valence-electron chi connectivity index (χ3n) is 3.57. The molecule has 0 fully saturated rings. The number of benzene rings is 1. The van der Waals surface area contributed by atoms with Crippen LogP contribution in [0.3, 0.4) is 0 Å². The molecule has 1 atom stereocenters. The van der Waals surface area contributed by atoms with Gasteiger partial charge in [-0.15, -0.1) is 0 Å². The summed E-state index contributed by atoms with van der Waals surface area (Å²) < 4.78 is 0. The van der Waals surface area contributed by atoms with Crippen LogP contribution < -0.4 is 0 Å². The molecule has 0 bridgehead atoms. The van der Waals surface area contributed by atoms with E-state index in [0.717, 1.165) is 22.3 Å². The van der Waals surface area contributed by atoms with Crippen LogP contribution in [0.15, 0.2) is 42.7 Å². The number of pyridine rings is 1. The van der Waals surface area contributed by atoms with Gasteiger partial charge in [0.15, 0.2) is 0 Å². The van der Waals surface area contributed by atoms with Gasteiger partial charge in [0, 0.05) is 12.4 Å². The van der Waals surface area contributed by atoms with Gasteiger partial charge in [-0.1, -0.05) is 32.0 Å². The molecule has 1 unspecified atom stereocenters. The second-order valence-corrected chi connectivity index (χ2v) is 5.32. The second-order valence-electron chi connectivity index (χ2n) is 5.32. The highest BCUT2D eigenvalue weighted by molar-refractivity contribution is 5.81. The zero-order valence-corrected chi connectivity index (χ0v) is 12.0. The largest absolute Gasteiger partial charge is 0.481 e. The van der Waals surface area contributed by atoms with Crippen molar-refractivity contribution in [2.45, 2.75) is 32.6 Å². The normalized spacial score (nSPS) is 12.4. The molecule has 3 heteroatoms. The molecule has 2 aromatic rings. The van der Waals surface area contributed by atoms with Crippen LogP contribution in [0.5, 0.6) is 0 Å². The number of carboxylic acids is 1. The lowest BCUT2D eigenvalue weighted by atomic mass is 9.86. The quantitative estimate of drug-likeness (QED) is 0.920. The number of hydrogen-bond donors (Lipinski definition) is 1. The van der Waals surface area contributed by atoms with Crippen molar-refractivity contribution in [3.8, 4) is 0 Å². The van der Waals surface area contributed by atoms with Gasteiger partial charge in [-0.25, -0.2) is 0 Å². The lowest BCUT2D eigenvalue weighted by Gasteiger charge is -2.18. The van der Waals surface area contributed by atoms with Gasteiger partial charge in [0.2, 0.25) is 0 Å². The second kappa shape index (κ2) is 5.87. The summed E-state index contributed by atoms with van der Waals surface area (Å²) in [4.78, 5) is 15.7. The van der Waals surface area contributed by atoms with Gasteiger partial charge in [-0.2, -0.15) is 0 Å². The Balaban J connectivity index is 2.55. The minimum Gasteiger partial charge on any atom is -0.481 e. The lowest BCUT2D eigenvalue weighted by molar-refractivity contribution is -0.137. The van der Waals surface area contributed by atoms with E-state index in [1.807, 2.05) is 19.1 Å². The van der Waals surface area contributed by atoms with Gasteiger partial charge < -0.3 is 5.11 Å². The number of rotatable bonds is 4. The van der Waals surface area contributed by atoms with Crippen LogP contribution >= 0.6 is 0 Å². The monoisotopic (exact) mass is 269 g/mol. The number of aliphatic carboxylic acids is 1. The average molecular weight is 269 g/mol. The van der Waals surface area contributed by atoms with Crippen LogP contribution in [0.4, 0.5) is 0 Å². The van der Waals surface area contributed by atoms with Crippen molar-refractivity contribution in [3.05, 3.63) is 65.0 Å². The lowest BCUT2D eigenvalue weighted by Crippen LogP contribution is -2.15. The Hall–Kier alpha value is -2.16. The molecule has 104 valence electrons. The molecule has 0 aliphatic rings. The van der Waals surface area contributed by atoms with Gasteiger partial charge in [0.05, 0.1) is 0 Å². The van der Waals surface area contributed by atoms with E-state index in [9.17, 15) is 9.90 Å². The van der Waals surface area contributed by atoms with E-state index < -0.39 is 11.9 Å². The molecule has 20 heavy (non-hydrogen) atoms. The first-order chi connectivity index (χ1) is 9.50. The number of carbonyl (C=O) groups is 1. The smallest absolute Gasteiger partial charge is 0.315 e. The van der Waals surface area contributed by atoms with Gasteiger partial charge in [0.1, 0.15) is 5.92 Å². The van der Waals surface area contributed by atoms with Crippen molar-refractivity contribution in [1.82, 2.24) is 4.98 Å². The molecule has 3 nitrogen and oxygen atoms in total. The Morgan fingerprint density at radius 2 is 1.75 bits per heavy atom. The third-order valence-corrected chi connectivity index (χ3v) is 3.57. The summed E-state index contributed by atoms with van der Waals surface area (Å²) in [5.74, 6) is -1.10. The molecule has 0 saturated carbocycles. The molecule has 0 radical (unpaired) electrons. The van der Waals surface area contributed by atoms with E-state index >= 15 is 0 Å². The molecule has 1 heterocycles. The van der Waals surface area contributed by atoms with Crippen molar-refractivity contribution in [1.29, 1.82) is 0 Å². The Kier molecular flexibility index (Phi) is 4.18. The van der Waals surface area contributed by atoms with Crippen molar-refractivity contribution < 1.29 is 9.90 Å². The molecular formula is C17H19NO2. The summed E-state index contributed by atoms with van der Waals surface area (Å²) in [5, 5.41) is 9.61. The summed E-state index contributed by atoms with van der Waals surface area (Å²) in [7, 11) is 0. The number of nitrogens with zero attached hydrogens (tertiary/aromatic N) is 1. The maximum Gasteiger partial charge on any atom is 0.315 e. The molecule has 0 saturated heterocycles. The predicted molar refractivity (Wildman–Crippen MR) is 79.0 cm³/mol. The van der Waals surface area contributed by atoms with Crippen molar-refractivity contribution in [2.24, 2.45) is 0 Å². The Morgan fingerprint density at radius 3 is 2.30 bits per heavy atom. The fourth-order valence-corrected chi connectivity index (χ4v) is 2.34. The number of aryl methyl sites for hydroxylation is 1. The van der Waals surface area contributed by atoms with Gasteiger partial charge in [-0.05, 0) is 47.2 Å². The summed E-state index contributed by atoms with van der Waals surface area (Å²) >= 11 is 0. The van der Waals surface area contributed by atoms with Crippen LogP contribution in [-0.4, -0.2) is 16.1 Å². The van der Waals surface area contributed by atoms with Crippen LogP contribution in [-0.2, 0) is 4.79 Å². The molecular weight excluding hydrogens is 250 g/mol. The molecule has 0 aliphatic heterocycles. The fraction of sp³-hybridized carbons (Fsp3) is 0.294. The SMILES string of the molecule is Cc1ccc(C(C)C)cc1C(C(=O)O)c1ccncc1. The summed E-state index contributed by atoms with van der Waals surface area (Å²) in [6.45, 7) is 6.17. The summed E-state index contributed by atoms with van der Waals surface area (Å²) in [5.41, 5.74) is 3.77.